The van der Waals surface area contributed by atoms with Gasteiger partial charge in [0.05, 0.1) is 22.8 Å². The van der Waals surface area contributed by atoms with E-state index in [4.69, 9.17) is 0 Å². The number of carboxylic acids is 1. The number of aromatic nitrogens is 4. The maximum atomic E-state index is 13.1. The van der Waals surface area contributed by atoms with Crippen LogP contribution in [0.25, 0.3) is 16.6 Å². The molecule has 2 aromatic heterocycles. The fourth-order valence-electron chi connectivity index (χ4n) is 3.74. The number of fused-ring (bicyclic) bond motifs is 1. The first-order valence-corrected chi connectivity index (χ1v) is 9.27. The Hall–Kier alpha value is -3.29. The van der Waals surface area contributed by atoms with Crippen LogP contribution in [0.1, 0.15) is 35.9 Å². The number of hydrogen-bond acceptors (Lipinski definition) is 5. The number of piperidine rings is 1. The van der Waals surface area contributed by atoms with E-state index in [0.29, 0.717) is 18.5 Å². The van der Waals surface area contributed by atoms with Gasteiger partial charge in [-0.05, 0) is 38.8 Å². The van der Waals surface area contributed by atoms with Crippen molar-refractivity contribution in [3.8, 4) is 5.69 Å². The fourth-order valence-corrected chi connectivity index (χ4v) is 3.74. The van der Waals surface area contributed by atoms with Crippen molar-refractivity contribution in [2.24, 2.45) is 5.92 Å². The van der Waals surface area contributed by atoms with Crippen LogP contribution in [0.5, 0.6) is 0 Å². The lowest BCUT2D eigenvalue weighted by atomic mass is 9.93. The van der Waals surface area contributed by atoms with Gasteiger partial charge in [-0.15, -0.1) is 5.10 Å². The van der Waals surface area contributed by atoms with E-state index in [2.05, 4.69) is 15.3 Å². The molecule has 2 unspecified atom stereocenters. The molecule has 4 rings (SSSR count). The number of amides is 1. The smallest absolute Gasteiger partial charge is 0.308 e. The van der Waals surface area contributed by atoms with E-state index in [0.717, 1.165) is 16.6 Å². The van der Waals surface area contributed by atoms with Gasteiger partial charge in [-0.2, -0.15) is 0 Å². The second-order valence-corrected chi connectivity index (χ2v) is 7.21. The molecule has 3 aromatic rings. The molecule has 1 saturated heterocycles. The van der Waals surface area contributed by atoms with Crippen molar-refractivity contribution in [2.75, 3.05) is 6.54 Å². The van der Waals surface area contributed by atoms with Crippen molar-refractivity contribution in [2.45, 2.75) is 32.7 Å². The third-order valence-corrected chi connectivity index (χ3v) is 5.43. The van der Waals surface area contributed by atoms with Crippen molar-refractivity contribution >= 4 is 22.8 Å². The average Bonchev–Trinajstić information content (AvgIpc) is 3.08. The summed E-state index contributed by atoms with van der Waals surface area (Å²) in [4.78, 5) is 30.5. The molecule has 1 fully saturated rings. The maximum Gasteiger partial charge on any atom is 0.308 e. The number of carbonyl (C=O) groups excluding carboxylic acids is 1. The molecule has 144 valence electrons. The lowest BCUT2D eigenvalue weighted by Crippen LogP contribution is -2.47. The predicted octanol–water partition coefficient (Wildman–Crippen LogP) is 2.45. The van der Waals surface area contributed by atoms with Crippen LogP contribution in [0.4, 0.5) is 0 Å². The zero-order valence-corrected chi connectivity index (χ0v) is 15.7. The van der Waals surface area contributed by atoms with Gasteiger partial charge in [-0.3, -0.25) is 14.6 Å². The van der Waals surface area contributed by atoms with Crippen LogP contribution in [0.2, 0.25) is 0 Å². The molecule has 8 nitrogen and oxygen atoms in total. The number of para-hydroxylation sites is 1. The topological polar surface area (TPSA) is 101 Å². The Balaban J connectivity index is 1.70. The molecule has 3 heterocycles. The first kappa shape index (κ1) is 18.1. The van der Waals surface area contributed by atoms with Crippen LogP contribution in [0.3, 0.4) is 0 Å². The summed E-state index contributed by atoms with van der Waals surface area (Å²) in [5, 5.41) is 18.6. The minimum absolute atomic E-state index is 0.0353. The number of hydrogen-bond donors (Lipinski definition) is 1. The Kier molecular flexibility index (Phi) is 4.54. The van der Waals surface area contributed by atoms with Crippen LogP contribution in [0, 0.1) is 12.8 Å². The van der Waals surface area contributed by atoms with Crippen molar-refractivity contribution < 1.29 is 14.7 Å². The number of aliphatic carboxylic acids is 1. The number of benzene rings is 1. The second-order valence-electron chi connectivity index (χ2n) is 7.21. The van der Waals surface area contributed by atoms with Crippen LogP contribution in [-0.4, -0.2) is 54.4 Å². The molecule has 28 heavy (non-hydrogen) atoms. The Morgan fingerprint density at radius 1 is 1.18 bits per heavy atom. The van der Waals surface area contributed by atoms with Gasteiger partial charge < -0.3 is 10.0 Å². The Labute approximate surface area is 161 Å². The van der Waals surface area contributed by atoms with Gasteiger partial charge in [0.2, 0.25) is 0 Å². The van der Waals surface area contributed by atoms with E-state index >= 15 is 0 Å². The number of carboxylic acid groups (broad SMARTS) is 1. The van der Waals surface area contributed by atoms with Gasteiger partial charge in [-0.1, -0.05) is 23.4 Å². The third kappa shape index (κ3) is 3.00. The van der Waals surface area contributed by atoms with Crippen molar-refractivity contribution in [1.29, 1.82) is 0 Å². The molecule has 0 saturated carbocycles. The molecule has 1 aliphatic rings. The van der Waals surface area contributed by atoms with E-state index in [1.54, 1.807) is 22.7 Å². The average molecular weight is 379 g/mol. The zero-order chi connectivity index (χ0) is 19.8. The lowest BCUT2D eigenvalue weighted by Gasteiger charge is -2.36. The van der Waals surface area contributed by atoms with E-state index in [9.17, 15) is 14.7 Å². The van der Waals surface area contributed by atoms with Gasteiger partial charge in [0.1, 0.15) is 0 Å². The van der Waals surface area contributed by atoms with E-state index in [1.165, 1.54) is 0 Å². The standard InChI is InChI=1S/C20H21N5O3/c1-12-8-9-15(20(27)28)11-24(12)19(26)17-13(2)25(23-22-17)16-7-3-5-14-6-4-10-21-18(14)16/h3-7,10,12,15H,8-9,11H2,1-2H3,(H,27,28). The molecule has 1 aliphatic heterocycles. The van der Waals surface area contributed by atoms with E-state index in [1.807, 2.05) is 37.3 Å². The minimum atomic E-state index is -0.869. The molecular weight excluding hydrogens is 358 g/mol. The molecule has 0 spiro atoms. The molecule has 2 atom stereocenters. The van der Waals surface area contributed by atoms with Gasteiger partial charge in [-0.25, -0.2) is 4.68 Å². The van der Waals surface area contributed by atoms with Crippen LogP contribution < -0.4 is 0 Å². The summed E-state index contributed by atoms with van der Waals surface area (Å²) in [6.07, 6.45) is 2.95. The molecule has 1 N–H and O–H groups in total. The predicted molar refractivity (Wildman–Crippen MR) is 102 cm³/mol. The van der Waals surface area contributed by atoms with Gasteiger partial charge in [0.15, 0.2) is 5.69 Å². The fraction of sp³-hybridized carbons (Fsp3) is 0.350. The molecule has 0 aliphatic carbocycles. The summed E-state index contributed by atoms with van der Waals surface area (Å²) in [6, 6.07) is 9.55. The summed E-state index contributed by atoms with van der Waals surface area (Å²) in [5.41, 5.74) is 2.37. The SMILES string of the molecule is Cc1c(C(=O)N2CC(C(=O)O)CCC2C)nnn1-c1cccc2cccnc12. The highest BCUT2D eigenvalue weighted by molar-refractivity contribution is 5.94. The van der Waals surface area contributed by atoms with Crippen LogP contribution >= 0.6 is 0 Å². The van der Waals surface area contributed by atoms with Crippen LogP contribution in [-0.2, 0) is 4.79 Å². The first-order valence-electron chi connectivity index (χ1n) is 9.27. The van der Waals surface area contributed by atoms with Crippen LogP contribution in [0.15, 0.2) is 36.5 Å². The zero-order valence-electron chi connectivity index (χ0n) is 15.7. The van der Waals surface area contributed by atoms with E-state index < -0.39 is 11.9 Å². The molecule has 1 amide bonds. The molecule has 0 bridgehead atoms. The highest BCUT2D eigenvalue weighted by Gasteiger charge is 2.35. The quantitative estimate of drug-likeness (QED) is 0.750. The normalized spacial score (nSPS) is 19.7. The van der Waals surface area contributed by atoms with Gasteiger partial charge in [0.25, 0.3) is 5.91 Å². The largest absolute Gasteiger partial charge is 0.481 e. The van der Waals surface area contributed by atoms with Crippen molar-refractivity contribution in [3.63, 3.8) is 0 Å². The van der Waals surface area contributed by atoms with Gasteiger partial charge >= 0.3 is 5.97 Å². The number of pyridine rings is 1. The maximum absolute atomic E-state index is 13.1. The molecule has 8 heteroatoms. The van der Waals surface area contributed by atoms with Crippen molar-refractivity contribution in [3.05, 3.63) is 47.9 Å². The Morgan fingerprint density at radius 3 is 2.75 bits per heavy atom. The summed E-state index contributed by atoms with van der Waals surface area (Å²) < 4.78 is 1.62. The third-order valence-electron chi connectivity index (χ3n) is 5.43. The molecule has 0 radical (unpaired) electrons. The molecular formula is C20H21N5O3. The highest BCUT2D eigenvalue weighted by atomic mass is 16.4. The highest BCUT2D eigenvalue weighted by Crippen LogP contribution is 2.26. The lowest BCUT2D eigenvalue weighted by molar-refractivity contribution is -0.143. The molecule has 1 aromatic carbocycles. The monoisotopic (exact) mass is 379 g/mol. The number of nitrogens with zero attached hydrogens (tertiary/aromatic N) is 5. The minimum Gasteiger partial charge on any atom is -0.481 e. The summed E-state index contributed by atoms with van der Waals surface area (Å²) in [7, 11) is 0. The number of rotatable bonds is 3. The van der Waals surface area contributed by atoms with E-state index in [-0.39, 0.29) is 24.2 Å². The Morgan fingerprint density at radius 2 is 1.96 bits per heavy atom. The summed E-state index contributed by atoms with van der Waals surface area (Å²) >= 11 is 0. The van der Waals surface area contributed by atoms with Gasteiger partial charge in [0, 0.05) is 24.2 Å². The second kappa shape index (κ2) is 7.03. The first-order chi connectivity index (χ1) is 13.5. The summed E-state index contributed by atoms with van der Waals surface area (Å²) in [5.74, 6) is -1.69. The Bertz CT molecular complexity index is 1060. The summed E-state index contributed by atoms with van der Waals surface area (Å²) in [6.45, 7) is 3.92. The number of likely N-dealkylation sites (tertiary alicyclic amines) is 1. The van der Waals surface area contributed by atoms with Crippen molar-refractivity contribution in [1.82, 2.24) is 24.9 Å². The number of carbonyl (C=O) groups is 2.